The highest BCUT2D eigenvalue weighted by Crippen LogP contribution is 2.22. The van der Waals surface area contributed by atoms with Crippen LogP contribution in [0.2, 0.25) is 0 Å². The van der Waals surface area contributed by atoms with Gasteiger partial charge in [-0.3, -0.25) is 0 Å². The maximum atomic E-state index is 12.1. The summed E-state index contributed by atoms with van der Waals surface area (Å²) in [5.74, 6) is 1.54. The summed E-state index contributed by atoms with van der Waals surface area (Å²) in [4.78, 5) is 0. The molecule has 19 heavy (non-hydrogen) atoms. The zero-order valence-electron chi connectivity index (χ0n) is 12.4. The van der Waals surface area contributed by atoms with Gasteiger partial charge < -0.3 is 4.42 Å². The molecule has 1 unspecified atom stereocenters. The van der Waals surface area contributed by atoms with Gasteiger partial charge in [-0.05, 0) is 33.3 Å². The highest BCUT2D eigenvalue weighted by Gasteiger charge is 2.22. The van der Waals surface area contributed by atoms with E-state index in [9.17, 15) is 8.42 Å². The molecule has 1 rings (SSSR count). The number of rotatable bonds is 7. The van der Waals surface area contributed by atoms with Crippen LogP contribution in [0.5, 0.6) is 0 Å². The number of nitrogens with one attached hydrogen (secondary N) is 1. The molecular formula is C13H24N2O3S. The Hall–Kier alpha value is -0.850. The van der Waals surface area contributed by atoms with E-state index >= 15 is 0 Å². The van der Waals surface area contributed by atoms with Crippen molar-refractivity contribution in [3.8, 4) is 0 Å². The van der Waals surface area contributed by atoms with Crippen LogP contribution in [0.15, 0.2) is 10.5 Å². The van der Waals surface area contributed by atoms with Crippen molar-refractivity contribution in [3.63, 3.8) is 0 Å². The summed E-state index contributed by atoms with van der Waals surface area (Å²) in [5.41, 5.74) is 0.880. The molecule has 0 aromatic carbocycles. The summed E-state index contributed by atoms with van der Waals surface area (Å²) in [5, 5.41) is 0. The average Bonchev–Trinajstić information content (AvgIpc) is 2.64. The molecule has 0 bridgehead atoms. The molecule has 1 aromatic rings. The largest absolute Gasteiger partial charge is 0.466 e. The molecule has 1 aromatic heterocycles. The Morgan fingerprint density at radius 1 is 1.42 bits per heavy atom. The van der Waals surface area contributed by atoms with Crippen molar-refractivity contribution in [2.45, 2.75) is 46.6 Å². The van der Waals surface area contributed by atoms with Crippen molar-refractivity contribution in [2.75, 3.05) is 13.6 Å². The quantitative estimate of drug-likeness (QED) is 0.838. The van der Waals surface area contributed by atoms with Gasteiger partial charge in [-0.15, -0.1) is 0 Å². The Balaban J connectivity index is 2.75. The molecule has 1 N–H and O–H groups in total. The van der Waals surface area contributed by atoms with E-state index in [1.807, 2.05) is 33.8 Å². The topological polar surface area (TPSA) is 62.6 Å². The zero-order chi connectivity index (χ0) is 14.6. The SMILES string of the molecule is CCCCN(C)S(=O)(=O)NC(C)c1cc(C)oc1C. The van der Waals surface area contributed by atoms with Gasteiger partial charge in [0.2, 0.25) is 0 Å². The van der Waals surface area contributed by atoms with E-state index in [0.29, 0.717) is 6.54 Å². The summed E-state index contributed by atoms with van der Waals surface area (Å²) >= 11 is 0. The number of unbranched alkanes of at least 4 members (excludes halogenated alkanes) is 1. The lowest BCUT2D eigenvalue weighted by Gasteiger charge is -2.20. The van der Waals surface area contributed by atoms with Crippen molar-refractivity contribution in [2.24, 2.45) is 0 Å². The first-order chi connectivity index (χ1) is 8.77. The van der Waals surface area contributed by atoms with Crippen molar-refractivity contribution in [1.29, 1.82) is 0 Å². The van der Waals surface area contributed by atoms with Gasteiger partial charge in [-0.25, -0.2) is 0 Å². The molecule has 0 aliphatic carbocycles. The van der Waals surface area contributed by atoms with Crippen LogP contribution in [0.1, 0.15) is 49.8 Å². The Morgan fingerprint density at radius 2 is 2.05 bits per heavy atom. The van der Waals surface area contributed by atoms with Gasteiger partial charge >= 0.3 is 0 Å². The molecular weight excluding hydrogens is 264 g/mol. The molecule has 0 saturated carbocycles. The Labute approximate surface area is 116 Å². The summed E-state index contributed by atoms with van der Waals surface area (Å²) < 4.78 is 33.7. The normalized spacial score (nSPS) is 14.0. The van der Waals surface area contributed by atoms with Crippen LogP contribution in [0.4, 0.5) is 0 Å². The second kappa shape index (κ2) is 6.54. The minimum atomic E-state index is -3.45. The van der Waals surface area contributed by atoms with Crippen LogP contribution >= 0.6 is 0 Å². The highest BCUT2D eigenvalue weighted by molar-refractivity contribution is 7.87. The van der Waals surface area contributed by atoms with E-state index < -0.39 is 10.2 Å². The monoisotopic (exact) mass is 288 g/mol. The number of hydrogen-bond donors (Lipinski definition) is 1. The lowest BCUT2D eigenvalue weighted by atomic mass is 10.1. The summed E-state index contributed by atoms with van der Waals surface area (Å²) in [6.07, 6.45) is 1.82. The van der Waals surface area contributed by atoms with Crippen LogP contribution in [-0.2, 0) is 10.2 Å². The minimum absolute atomic E-state index is 0.300. The maximum absolute atomic E-state index is 12.1. The smallest absolute Gasteiger partial charge is 0.279 e. The molecule has 110 valence electrons. The summed E-state index contributed by atoms with van der Waals surface area (Å²) in [6, 6.07) is 1.57. The summed E-state index contributed by atoms with van der Waals surface area (Å²) in [7, 11) is -1.85. The van der Waals surface area contributed by atoms with Gasteiger partial charge in [-0.1, -0.05) is 13.3 Å². The minimum Gasteiger partial charge on any atom is -0.466 e. The second-order valence-corrected chi connectivity index (χ2v) is 6.70. The van der Waals surface area contributed by atoms with Crippen LogP contribution in [0, 0.1) is 13.8 Å². The van der Waals surface area contributed by atoms with Gasteiger partial charge in [0.15, 0.2) is 0 Å². The van der Waals surface area contributed by atoms with E-state index in [1.54, 1.807) is 7.05 Å². The third-order valence-electron chi connectivity index (χ3n) is 3.11. The predicted octanol–water partition coefficient (Wildman–Crippen LogP) is 2.52. The molecule has 1 heterocycles. The van der Waals surface area contributed by atoms with E-state index in [0.717, 1.165) is 29.9 Å². The number of nitrogens with zero attached hydrogens (tertiary/aromatic N) is 1. The average molecular weight is 288 g/mol. The fourth-order valence-electron chi connectivity index (χ4n) is 1.96. The zero-order valence-corrected chi connectivity index (χ0v) is 13.2. The fraction of sp³-hybridized carbons (Fsp3) is 0.692. The highest BCUT2D eigenvalue weighted by atomic mass is 32.2. The molecule has 0 spiro atoms. The van der Waals surface area contributed by atoms with E-state index in [-0.39, 0.29) is 6.04 Å². The Morgan fingerprint density at radius 3 is 2.53 bits per heavy atom. The molecule has 0 amide bonds. The van der Waals surface area contributed by atoms with Gasteiger partial charge in [0.1, 0.15) is 11.5 Å². The lowest BCUT2D eigenvalue weighted by Crippen LogP contribution is -2.39. The number of aryl methyl sites for hydroxylation is 2. The Bertz CT molecular complexity index is 508. The first kappa shape index (κ1) is 16.2. The van der Waals surface area contributed by atoms with Gasteiger partial charge in [0, 0.05) is 25.2 Å². The first-order valence-electron chi connectivity index (χ1n) is 6.58. The Kier molecular flexibility index (Phi) is 5.58. The van der Waals surface area contributed by atoms with Gasteiger partial charge in [0.05, 0.1) is 0 Å². The van der Waals surface area contributed by atoms with Crippen LogP contribution in [0.3, 0.4) is 0 Å². The van der Waals surface area contributed by atoms with Crippen molar-refractivity contribution < 1.29 is 12.8 Å². The van der Waals surface area contributed by atoms with Crippen molar-refractivity contribution in [1.82, 2.24) is 9.03 Å². The second-order valence-electron chi connectivity index (χ2n) is 4.89. The molecule has 0 aliphatic rings. The van der Waals surface area contributed by atoms with Crippen molar-refractivity contribution in [3.05, 3.63) is 23.2 Å². The van der Waals surface area contributed by atoms with Crippen LogP contribution in [-0.4, -0.2) is 26.3 Å². The summed E-state index contributed by atoms with van der Waals surface area (Å²) in [6.45, 7) is 8.08. The van der Waals surface area contributed by atoms with Gasteiger partial charge in [-0.2, -0.15) is 17.4 Å². The lowest BCUT2D eigenvalue weighted by molar-refractivity contribution is 0.441. The molecule has 1 atom stereocenters. The maximum Gasteiger partial charge on any atom is 0.279 e. The molecule has 0 fully saturated rings. The van der Waals surface area contributed by atoms with Crippen LogP contribution in [0.25, 0.3) is 0 Å². The molecule has 0 aliphatic heterocycles. The third-order valence-corrected chi connectivity index (χ3v) is 4.76. The number of hydrogen-bond acceptors (Lipinski definition) is 3. The van der Waals surface area contributed by atoms with Crippen LogP contribution < -0.4 is 4.72 Å². The molecule has 0 radical (unpaired) electrons. The fourth-order valence-corrected chi connectivity index (χ4v) is 3.08. The van der Waals surface area contributed by atoms with E-state index in [1.165, 1.54) is 4.31 Å². The molecule has 6 heteroatoms. The predicted molar refractivity (Wildman–Crippen MR) is 76.2 cm³/mol. The van der Waals surface area contributed by atoms with E-state index in [4.69, 9.17) is 4.42 Å². The standard InChI is InChI=1S/C13H24N2O3S/c1-6-7-8-15(5)19(16,17)14-11(3)13-9-10(2)18-12(13)4/h9,11,14H,6-8H2,1-5H3. The first-order valence-corrected chi connectivity index (χ1v) is 8.02. The molecule has 0 saturated heterocycles. The third kappa shape index (κ3) is 4.33. The van der Waals surface area contributed by atoms with E-state index in [2.05, 4.69) is 4.72 Å². The van der Waals surface area contributed by atoms with Gasteiger partial charge in [0.25, 0.3) is 10.2 Å². The molecule has 5 nitrogen and oxygen atoms in total. The van der Waals surface area contributed by atoms with Crippen molar-refractivity contribution >= 4 is 10.2 Å². The number of furan rings is 1.